The number of ether oxygens (including phenoxy) is 1. The van der Waals surface area contributed by atoms with Crippen LogP contribution in [0.5, 0.6) is 0 Å². The maximum absolute atomic E-state index is 14.2. The van der Waals surface area contributed by atoms with Crippen LogP contribution in [0.1, 0.15) is 139 Å². The summed E-state index contributed by atoms with van der Waals surface area (Å²) in [5.74, 6) is 0.711. The molecule has 0 aromatic carbocycles. The summed E-state index contributed by atoms with van der Waals surface area (Å²) < 4.78 is 6.14. The summed E-state index contributed by atoms with van der Waals surface area (Å²) in [6.45, 7) is 20.3. The lowest BCUT2D eigenvalue weighted by molar-refractivity contribution is -0.233. The fraction of sp³-hybridized carbons (Fsp3) is 0.850. The van der Waals surface area contributed by atoms with E-state index in [1.165, 1.54) is 18.4 Å². The van der Waals surface area contributed by atoms with E-state index in [1.54, 1.807) is 13.8 Å². The lowest BCUT2D eigenvalue weighted by Gasteiger charge is -2.72. The van der Waals surface area contributed by atoms with E-state index < -0.39 is 22.8 Å². The van der Waals surface area contributed by atoms with Crippen LogP contribution in [0.3, 0.4) is 0 Å². The highest BCUT2D eigenvalue weighted by molar-refractivity contribution is 6.07. The number of carbonyl (C=O) groups is 4. The molecular weight excluding hydrogens is 590 g/mol. The van der Waals surface area contributed by atoms with Crippen LogP contribution in [0.25, 0.3) is 0 Å². The number of Topliss-reactive ketones (excluding diaryl/α,β-unsaturated/α-hetero) is 1. The third-order valence-corrected chi connectivity index (χ3v) is 15.5. The van der Waals surface area contributed by atoms with E-state index in [4.69, 9.17) is 4.74 Å². The molecule has 0 aromatic rings. The van der Waals surface area contributed by atoms with Crippen LogP contribution < -0.4 is 5.32 Å². The van der Waals surface area contributed by atoms with Gasteiger partial charge in [-0.2, -0.15) is 0 Å². The molecule has 0 bridgehead atoms. The quantitative estimate of drug-likeness (QED) is 0.258. The number of ketones is 1. The van der Waals surface area contributed by atoms with Crippen molar-refractivity contribution in [1.82, 2.24) is 5.32 Å². The molecule has 6 rings (SSSR count). The zero-order chi connectivity index (χ0) is 34.5. The third-order valence-electron chi connectivity index (χ3n) is 15.5. The molecule has 0 aliphatic heterocycles. The van der Waals surface area contributed by atoms with Crippen molar-refractivity contribution in [3.63, 3.8) is 0 Å². The van der Waals surface area contributed by atoms with Crippen molar-refractivity contribution < 1.29 is 29.0 Å². The topological polar surface area (TPSA) is 110 Å². The first kappa shape index (κ1) is 34.7. The first-order valence-electron chi connectivity index (χ1n) is 18.7. The largest absolute Gasteiger partial charge is 0.481 e. The van der Waals surface area contributed by atoms with Gasteiger partial charge in [-0.1, -0.05) is 48.5 Å². The van der Waals surface area contributed by atoms with Crippen molar-refractivity contribution in [2.75, 3.05) is 6.54 Å². The van der Waals surface area contributed by atoms with E-state index in [0.717, 1.165) is 63.5 Å². The Morgan fingerprint density at radius 3 is 2.19 bits per heavy atom. The average Bonchev–Trinajstić information content (AvgIpc) is 3.74. The van der Waals surface area contributed by atoms with Gasteiger partial charge in [-0.25, -0.2) is 0 Å². The smallest absolute Gasteiger partial charge is 0.309 e. The van der Waals surface area contributed by atoms with Gasteiger partial charge in [0, 0.05) is 18.4 Å². The maximum Gasteiger partial charge on any atom is 0.309 e. The summed E-state index contributed by atoms with van der Waals surface area (Å²) in [4.78, 5) is 52.7. The van der Waals surface area contributed by atoms with E-state index in [9.17, 15) is 24.3 Å². The van der Waals surface area contributed by atoms with E-state index in [0.29, 0.717) is 24.2 Å². The fourth-order valence-corrected chi connectivity index (χ4v) is 12.4. The Kier molecular flexibility index (Phi) is 8.24. The van der Waals surface area contributed by atoms with E-state index in [-0.39, 0.29) is 57.7 Å². The molecule has 7 heteroatoms. The predicted molar refractivity (Wildman–Crippen MR) is 181 cm³/mol. The molecule has 47 heavy (non-hydrogen) atoms. The van der Waals surface area contributed by atoms with Crippen molar-refractivity contribution in [3.05, 3.63) is 11.1 Å². The highest BCUT2D eigenvalue weighted by Crippen LogP contribution is 2.76. The minimum absolute atomic E-state index is 0.0138. The number of amides is 1. The molecule has 6 aliphatic carbocycles. The molecule has 0 aromatic heterocycles. The minimum Gasteiger partial charge on any atom is -0.481 e. The molecule has 0 radical (unpaired) electrons. The Hall–Kier alpha value is -2.18. The number of carboxylic acid groups (broad SMARTS) is 1. The molecular formula is C40H61NO6. The van der Waals surface area contributed by atoms with Gasteiger partial charge in [-0.05, 0) is 135 Å². The van der Waals surface area contributed by atoms with Gasteiger partial charge in [0.1, 0.15) is 6.10 Å². The third kappa shape index (κ3) is 5.08. The Labute approximate surface area is 282 Å². The summed E-state index contributed by atoms with van der Waals surface area (Å²) >= 11 is 0. The molecule has 262 valence electrons. The second-order valence-electron chi connectivity index (χ2n) is 19.1. The summed E-state index contributed by atoms with van der Waals surface area (Å²) in [5.41, 5.74) is 0.218. The number of fused-ring (bicyclic) bond motifs is 7. The molecule has 2 N–H and O–H groups in total. The molecule has 0 spiro atoms. The molecule has 0 heterocycles. The number of aliphatic carboxylic acids is 1. The number of hydrogen-bond acceptors (Lipinski definition) is 5. The molecule has 8 atom stereocenters. The first-order chi connectivity index (χ1) is 21.7. The van der Waals surface area contributed by atoms with Crippen LogP contribution in [-0.4, -0.2) is 41.4 Å². The standard InChI is InChI=1S/C40H61NO6/c1-23(2)31-26(42)20-40(33(44)41-22-24-10-11-24)19-18-38(8)25(32(31)40)12-13-28-37(7)16-15-29(47-30(43)21-35(3,4)34(45)46)36(5,6)27(37)14-17-39(28,38)9/h23-25,27-29H,10-22H2,1-9H3,(H,41,44)(H,45,46)/t25-,27+,28-,29+,37+,38-,39-,40-/m1/s1. The van der Waals surface area contributed by atoms with E-state index >= 15 is 0 Å². The zero-order valence-corrected chi connectivity index (χ0v) is 30.6. The van der Waals surface area contributed by atoms with E-state index in [1.807, 2.05) is 0 Å². The lowest BCUT2D eigenvalue weighted by atomic mass is 9.33. The molecule has 6 aliphatic rings. The molecule has 5 fully saturated rings. The molecule has 0 saturated heterocycles. The molecule has 0 unspecified atom stereocenters. The maximum atomic E-state index is 14.2. The highest BCUT2D eigenvalue weighted by Gasteiger charge is 2.71. The Balaban J connectivity index is 1.29. The second kappa shape index (κ2) is 11.2. The first-order valence-corrected chi connectivity index (χ1v) is 18.7. The van der Waals surface area contributed by atoms with Crippen molar-refractivity contribution in [2.45, 2.75) is 145 Å². The van der Waals surface area contributed by atoms with Crippen molar-refractivity contribution in [3.8, 4) is 0 Å². The van der Waals surface area contributed by atoms with Gasteiger partial charge in [0.15, 0.2) is 5.78 Å². The average molecular weight is 652 g/mol. The molecule has 5 saturated carbocycles. The van der Waals surface area contributed by atoms with Crippen molar-refractivity contribution in [2.24, 2.45) is 62.1 Å². The zero-order valence-electron chi connectivity index (χ0n) is 30.6. The van der Waals surface area contributed by atoms with Crippen LogP contribution in [0.15, 0.2) is 11.1 Å². The van der Waals surface area contributed by atoms with Gasteiger partial charge in [-0.15, -0.1) is 0 Å². The van der Waals surface area contributed by atoms with Crippen LogP contribution in [0.4, 0.5) is 0 Å². The summed E-state index contributed by atoms with van der Waals surface area (Å²) in [6, 6.07) is 0. The van der Waals surface area contributed by atoms with Gasteiger partial charge in [0.05, 0.1) is 17.3 Å². The molecule has 7 nitrogen and oxygen atoms in total. The number of rotatable bonds is 8. The van der Waals surface area contributed by atoms with Crippen molar-refractivity contribution >= 4 is 23.6 Å². The van der Waals surface area contributed by atoms with Crippen LogP contribution in [0.2, 0.25) is 0 Å². The normalized spacial score (nSPS) is 41.0. The summed E-state index contributed by atoms with van der Waals surface area (Å²) in [6.07, 6.45) is 10.1. The van der Waals surface area contributed by atoms with Crippen LogP contribution >= 0.6 is 0 Å². The highest BCUT2D eigenvalue weighted by atomic mass is 16.5. The fourth-order valence-electron chi connectivity index (χ4n) is 12.4. The number of hydrogen-bond donors (Lipinski definition) is 2. The number of esters is 1. The number of carboxylic acids is 1. The number of nitrogens with one attached hydrogen (secondary N) is 1. The lowest BCUT2D eigenvalue weighted by Crippen LogP contribution is -2.66. The van der Waals surface area contributed by atoms with Crippen LogP contribution in [-0.2, 0) is 23.9 Å². The number of carbonyl (C=O) groups excluding carboxylic acids is 3. The number of allylic oxidation sites excluding steroid dienone is 1. The van der Waals surface area contributed by atoms with Crippen molar-refractivity contribution in [1.29, 1.82) is 0 Å². The van der Waals surface area contributed by atoms with Crippen LogP contribution in [0, 0.1) is 62.1 Å². The minimum atomic E-state index is -1.16. The second-order valence-corrected chi connectivity index (χ2v) is 19.1. The van der Waals surface area contributed by atoms with Gasteiger partial charge in [-0.3, -0.25) is 19.2 Å². The monoisotopic (exact) mass is 651 g/mol. The SMILES string of the molecule is CC(C)C1=C2[C@H]3CC[C@@H]4[C@@]5(C)CC[C@H](OC(=O)CC(C)(C)C(=O)O)C(C)(C)[C@@H]5CC[C@@]4(C)[C@]3(C)CC[C@@]2(C(=O)NCC2CC2)CC1=O. The van der Waals surface area contributed by atoms with Gasteiger partial charge >= 0.3 is 11.9 Å². The Morgan fingerprint density at radius 2 is 1.57 bits per heavy atom. The summed E-state index contributed by atoms with van der Waals surface area (Å²) in [7, 11) is 0. The van der Waals surface area contributed by atoms with E-state index in [2.05, 4.69) is 53.8 Å². The summed E-state index contributed by atoms with van der Waals surface area (Å²) in [5, 5.41) is 12.9. The predicted octanol–water partition coefficient (Wildman–Crippen LogP) is 7.91. The van der Waals surface area contributed by atoms with Gasteiger partial charge in [0.2, 0.25) is 5.91 Å². The van der Waals surface area contributed by atoms with Gasteiger partial charge in [0.25, 0.3) is 0 Å². The molecule has 1 amide bonds. The van der Waals surface area contributed by atoms with Gasteiger partial charge < -0.3 is 15.2 Å². The Morgan fingerprint density at radius 1 is 0.894 bits per heavy atom. The Bertz CT molecular complexity index is 1390.